The van der Waals surface area contributed by atoms with E-state index in [-0.39, 0.29) is 5.91 Å². The van der Waals surface area contributed by atoms with Crippen LogP contribution in [0.15, 0.2) is 39.3 Å². The minimum Gasteiger partial charge on any atom is -0.397 e. The predicted molar refractivity (Wildman–Crippen MR) is 90.1 cm³/mol. The maximum atomic E-state index is 12.3. The van der Waals surface area contributed by atoms with Gasteiger partial charge in [0.1, 0.15) is 0 Å². The fourth-order valence-electron chi connectivity index (χ4n) is 1.82. The molecule has 0 bridgehead atoms. The van der Waals surface area contributed by atoms with E-state index in [1.165, 1.54) is 0 Å². The number of anilines is 2. The largest absolute Gasteiger partial charge is 0.397 e. The van der Waals surface area contributed by atoms with Crippen molar-refractivity contribution in [3.8, 4) is 0 Å². The molecule has 2 rings (SSSR count). The second-order valence-corrected chi connectivity index (χ2v) is 6.34. The molecular weight excluding hydrogens is 384 g/mol. The topological polar surface area (TPSA) is 55.1 Å². The van der Waals surface area contributed by atoms with Crippen molar-refractivity contribution in [1.82, 2.24) is 0 Å². The highest BCUT2D eigenvalue weighted by Gasteiger charge is 2.12. The summed E-state index contributed by atoms with van der Waals surface area (Å²) in [5, 5.41) is 2.84. The summed E-state index contributed by atoms with van der Waals surface area (Å²) < 4.78 is 1.68. The molecule has 1 amide bonds. The smallest absolute Gasteiger partial charge is 0.255 e. The van der Waals surface area contributed by atoms with Gasteiger partial charge in [0, 0.05) is 14.5 Å². The number of rotatable bonds is 2. The Morgan fingerprint density at radius 2 is 1.80 bits per heavy atom. The summed E-state index contributed by atoms with van der Waals surface area (Å²) in [6, 6.07) is 9.21. The first-order valence-corrected chi connectivity index (χ1v) is 7.60. The SMILES string of the molecule is Cc1cc(N)c(NC(=O)c2ccc(C)c(Br)c2)c(Br)c1. The van der Waals surface area contributed by atoms with Gasteiger partial charge in [0.15, 0.2) is 0 Å². The molecule has 0 unspecified atom stereocenters. The van der Waals surface area contributed by atoms with E-state index in [0.717, 1.165) is 20.1 Å². The Morgan fingerprint density at radius 1 is 1.10 bits per heavy atom. The van der Waals surface area contributed by atoms with Crippen molar-refractivity contribution in [2.24, 2.45) is 0 Å². The number of hydrogen-bond acceptors (Lipinski definition) is 2. The standard InChI is InChI=1S/C15H14Br2N2O/c1-8-5-12(17)14(13(18)6-8)19-15(20)10-4-3-9(2)11(16)7-10/h3-7H,18H2,1-2H3,(H,19,20). The average molecular weight is 398 g/mol. The number of benzene rings is 2. The van der Waals surface area contributed by atoms with Crippen molar-refractivity contribution in [2.75, 3.05) is 11.1 Å². The molecule has 2 aromatic rings. The molecule has 3 nitrogen and oxygen atoms in total. The van der Waals surface area contributed by atoms with Gasteiger partial charge in [-0.3, -0.25) is 4.79 Å². The lowest BCUT2D eigenvalue weighted by molar-refractivity contribution is 0.102. The minimum absolute atomic E-state index is 0.193. The highest BCUT2D eigenvalue weighted by atomic mass is 79.9. The zero-order chi connectivity index (χ0) is 14.9. The summed E-state index contributed by atoms with van der Waals surface area (Å²) in [6.45, 7) is 3.92. The third-order valence-corrected chi connectivity index (χ3v) is 4.42. The summed E-state index contributed by atoms with van der Waals surface area (Å²) in [5.41, 5.74) is 9.77. The average Bonchev–Trinajstić information content (AvgIpc) is 2.36. The molecule has 104 valence electrons. The summed E-state index contributed by atoms with van der Waals surface area (Å²) >= 11 is 6.85. The van der Waals surface area contributed by atoms with Crippen molar-refractivity contribution < 1.29 is 4.79 Å². The molecule has 0 saturated heterocycles. The number of carbonyl (C=O) groups is 1. The molecule has 0 aliphatic heterocycles. The minimum atomic E-state index is -0.193. The van der Waals surface area contributed by atoms with Gasteiger partial charge < -0.3 is 11.1 Å². The first kappa shape index (κ1) is 15.1. The molecule has 0 spiro atoms. The summed E-state index contributed by atoms with van der Waals surface area (Å²) in [5.74, 6) is -0.193. The van der Waals surface area contributed by atoms with Gasteiger partial charge in [-0.15, -0.1) is 0 Å². The maximum Gasteiger partial charge on any atom is 0.255 e. The van der Waals surface area contributed by atoms with Gasteiger partial charge >= 0.3 is 0 Å². The summed E-state index contributed by atoms with van der Waals surface area (Å²) in [6.07, 6.45) is 0. The van der Waals surface area contributed by atoms with Crippen LogP contribution in [0.25, 0.3) is 0 Å². The maximum absolute atomic E-state index is 12.3. The van der Waals surface area contributed by atoms with Crippen molar-refractivity contribution in [1.29, 1.82) is 0 Å². The molecule has 0 heterocycles. The molecule has 5 heteroatoms. The lowest BCUT2D eigenvalue weighted by Gasteiger charge is -2.12. The molecule has 0 radical (unpaired) electrons. The third kappa shape index (κ3) is 3.22. The van der Waals surface area contributed by atoms with Gasteiger partial charge in [0.25, 0.3) is 5.91 Å². The number of hydrogen-bond donors (Lipinski definition) is 2. The van der Waals surface area contributed by atoms with Crippen LogP contribution < -0.4 is 11.1 Å². The molecule has 20 heavy (non-hydrogen) atoms. The van der Waals surface area contributed by atoms with Crippen LogP contribution in [-0.4, -0.2) is 5.91 Å². The van der Waals surface area contributed by atoms with Crippen LogP contribution in [-0.2, 0) is 0 Å². The van der Waals surface area contributed by atoms with E-state index in [2.05, 4.69) is 37.2 Å². The van der Waals surface area contributed by atoms with E-state index in [4.69, 9.17) is 5.73 Å². The number of aryl methyl sites for hydroxylation is 2. The number of halogens is 2. The normalized spacial score (nSPS) is 10.4. The second-order valence-electron chi connectivity index (χ2n) is 4.63. The van der Waals surface area contributed by atoms with Crippen LogP contribution in [0, 0.1) is 13.8 Å². The number of amides is 1. The van der Waals surface area contributed by atoms with Crippen LogP contribution in [0.3, 0.4) is 0 Å². The van der Waals surface area contributed by atoms with E-state index in [1.54, 1.807) is 12.1 Å². The van der Waals surface area contributed by atoms with Gasteiger partial charge in [-0.2, -0.15) is 0 Å². The Balaban J connectivity index is 2.30. The highest BCUT2D eigenvalue weighted by molar-refractivity contribution is 9.11. The summed E-state index contributed by atoms with van der Waals surface area (Å²) in [4.78, 5) is 12.3. The molecule has 0 atom stereocenters. The van der Waals surface area contributed by atoms with Gasteiger partial charge in [-0.1, -0.05) is 22.0 Å². The quantitative estimate of drug-likeness (QED) is 0.723. The summed E-state index contributed by atoms with van der Waals surface area (Å²) in [7, 11) is 0. The van der Waals surface area contributed by atoms with E-state index in [0.29, 0.717) is 16.9 Å². The molecule has 2 aromatic carbocycles. The van der Waals surface area contributed by atoms with Crippen LogP contribution in [0.4, 0.5) is 11.4 Å². The van der Waals surface area contributed by atoms with Crippen LogP contribution >= 0.6 is 31.9 Å². The third-order valence-electron chi connectivity index (χ3n) is 2.94. The van der Waals surface area contributed by atoms with Crippen LogP contribution in [0.5, 0.6) is 0 Å². The fraction of sp³-hybridized carbons (Fsp3) is 0.133. The Kier molecular flexibility index (Phi) is 4.50. The monoisotopic (exact) mass is 396 g/mol. The number of nitrogens with one attached hydrogen (secondary N) is 1. The lowest BCUT2D eigenvalue weighted by Crippen LogP contribution is -2.14. The number of carbonyl (C=O) groups excluding carboxylic acids is 1. The molecular formula is C15H14Br2N2O. The second kappa shape index (κ2) is 5.97. The van der Waals surface area contributed by atoms with Crippen molar-refractivity contribution in [2.45, 2.75) is 13.8 Å². The Hall–Kier alpha value is -1.33. The number of nitrogens with two attached hydrogens (primary N) is 1. The first-order valence-electron chi connectivity index (χ1n) is 6.01. The molecule has 0 aliphatic rings. The van der Waals surface area contributed by atoms with Crippen molar-refractivity contribution in [3.63, 3.8) is 0 Å². The van der Waals surface area contributed by atoms with E-state index >= 15 is 0 Å². The van der Waals surface area contributed by atoms with E-state index < -0.39 is 0 Å². The predicted octanol–water partition coefficient (Wildman–Crippen LogP) is 4.66. The van der Waals surface area contributed by atoms with Crippen LogP contribution in [0.2, 0.25) is 0 Å². The van der Waals surface area contributed by atoms with Gasteiger partial charge in [-0.25, -0.2) is 0 Å². The first-order chi connectivity index (χ1) is 9.38. The van der Waals surface area contributed by atoms with Crippen molar-refractivity contribution >= 4 is 49.1 Å². The Morgan fingerprint density at radius 3 is 2.40 bits per heavy atom. The zero-order valence-electron chi connectivity index (χ0n) is 11.1. The lowest BCUT2D eigenvalue weighted by atomic mass is 10.1. The molecule has 0 aliphatic carbocycles. The number of nitrogen functional groups attached to an aromatic ring is 1. The highest BCUT2D eigenvalue weighted by Crippen LogP contribution is 2.30. The van der Waals surface area contributed by atoms with E-state index in [1.807, 2.05) is 32.0 Å². The molecule has 0 saturated carbocycles. The Labute approximate surface area is 134 Å². The van der Waals surface area contributed by atoms with E-state index in [9.17, 15) is 4.79 Å². The Bertz CT molecular complexity index is 661. The van der Waals surface area contributed by atoms with Gasteiger partial charge in [-0.05, 0) is 65.2 Å². The van der Waals surface area contributed by atoms with Gasteiger partial charge in [0.2, 0.25) is 0 Å². The zero-order valence-corrected chi connectivity index (χ0v) is 14.3. The van der Waals surface area contributed by atoms with Gasteiger partial charge in [0.05, 0.1) is 11.4 Å². The molecule has 0 fully saturated rings. The molecule has 0 aromatic heterocycles. The van der Waals surface area contributed by atoms with Crippen molar-refractivity contribution in [3.05, 3.63) is 56.0 Å². The van der Waals surface area contributed by atoms with Crippen LogP contribution in [0.1, 0.15) is 21.5 Å². The molecule has 3 N–H and O–H groups in total. The fourth-order valence-corrected chi connectivity index (χ4v) is 2.89.